The zero-order valence-corrected chi connectivity index (χ0v) is 48.8. The zero-order chi connectivity index (χ0) is 56.9. The molecule has 4 fully saturated rings. The van der Waals surface area contributed by atoms with Crippen LogP contribution in [-0.2, 0) is 30.3 Å². The summed E-state index contributed by atoms with van der Waals surface area (Å²) in [5.41, 5.74) is 4.37. The number of likely N-dealkylation sites (tertiary alicyclic amines) is 2. The van der Waals surface area contributed by atoms with Gasteiger partial charge in [-0.2, -0.15) is 0 Å². The number of ketones is 2. The topological polar surface area (TPSA) is 208 Å². The van der Waals surface area contributed by atoms with E-state index in [1.165, 1.54) is 46.0 Å². The lowest BCUT2D eigenvalue weighted by atomic mass is 9.94. The van der Waals surface area contributed by atoms with Crippen LogP contribution in [0, 0.1) is 11.8 Å². The summed E-state index contributed by atoms with van der Waals surface area (Å²) >= 11 is 0. The predicted octanol–water partition coefficient (Wildman–Crippen LogP) is 8.06. The second-order valence-electron chi connectivity index (χ2n) is 21.5. The largest absolute Gasteiger partial charge is 0.382 e. The Hall–Kier alpha value is -5.82. The van der Waals surface area contributed by atoms with Crippen LogP contribution < -0.4 is 31.1 Å². The van der Waals surface area contributed by atoms with E-state index in [-0.39, 0.29) is 41.2 Å². The maximum Gasteiger partial charge on any atom is 0.251 e. The molecule has 436 valence electrons. The van der Waals surface area contributed by atoms with E-state index in [0.717, 1.165) is 159 Å². The monoisotopic (exact) mass is 1090 g/mol. The number of carbonyl (C=O) groups is 6. The van der Waals surface area contributed by atoms with E-state index in [9.17, 15) is 24.0 Å². The summed E-state index contributed by atoms with van der Waals surface area (Å²) in [6.45, 7) is 24.3. The molecule has 0 radical (unpaired) electrons. The van der Waals surface area contributed by atoms with Crippen LogP contribution >= 0.6 is 0 Å². The maximum atomic E-state index is 13.4. The first-order valence-corrected chi connectivity index (χ1v) is 29.5. The molecule has 1 aromatic heterocycles. The molecule has 4 saturated heterocycles. The minimum atomic E-state index is -0.284. The number of nitrogens with zero attached hydrogens (tertiary/aromatic N) is 6. The molecular formula is C61H94N10O8. The number of carbonyl (C=O) groups excluding carboxylic acids is 6. The summed E-state index contributed by atoms with van der Waals surface area (Å²) in [6, 6.07) is 15.5. The number of rotatable bonds is 27. The van der Waals surface area contributed by atoms with Gasteiger partial charge in [0.1, 0.15) is 11.6 Å². The molecule has 2 unspecified atom stereocenters. The van der Waals surface area contributed by atoms with Gasteiger partial charge in [0.25, 0.3) is 5.91 Å². The Morgan fingerprint density at radius 1 is 0.848 bits per heavy atom. The van der Waals surface area contributed by atoms with Crippen molar-refractivity contribution >= 4 is 52.9 Å². The van der Waals surface area contributed by atoms with Crippen LogP contribution in [0.25, 0.3) is 0 Å². The summed E-state index contributed by atoms with van der Waals surface area (Å²) in [5, 5.41) is 11.4. The van der Waals surface area contributed by atoms with Gasteiger partial charge in [-0.15, -0.1) is 0 Å². The molecule has 0 spiro atoms. The Kier molecular flexibility index (Phi) is 28.4. The third kappa shape index (κ3) is 21.6. The van der Waals surface area contributed by atoms with E-state index in [0.29, 0.717) is 54.5 Å². The number of hydrogen-bond donors (Lipinski definition) is 4. The number of nitrogens with one attached hydrogen (secondary N) is 4. The van der Waals surface area contributed by atoms with Crippen LogP contribution in [0.5, 0.6) is 0 Å². The van der Waals surface area contributed by atoms with Crippen molar-refractivity contribution in [3.63, 3.8) is 0 Å². The van der Waals surface area contributed by atoms with Crippen molar-refractivity contribution in [3.8, 4) is 0 Å². The van der Waals surface area contributed by atoms with Crippen LogP contribution in [-0.4, -0.2) is 160 Å². The minimum Gasteiger partial charge on any atom is -0.382 e. The van der Waals surface area contributed by atoms with Crippen molar-refractivity contribution in [2.75, 3.05) is 114 Å². The zero-order valence-electron chi connectivity index (χ0n) is 48.8. The van der Waals surface area contributed by atoms with Gasteiger partial charge in [0.05, 0.1) is 37.1 Å². The summed E-state index contributed by atoms with van der Waals surface area (Å²) in [7, 11) is 1.56. The fourth-order valence-electron chi connectivity index (χ4n) is 10.7. The van der Waals surface area contributed by atoms with Crippen LogP contribution in [0.15, 0.2) is 48.5 Å². The number of morpholine rings is 1. The molecule has 0 bridgehead atoms. The summed E-state index contributed by atoms with van der Waals surface area (Å²) in [4.78, 5) is 88.7. The fourth-order valence-corrected chi connectivity index (χ4v) is 10.7. The number of anilines is 3. The number of amides is 4. The van der Waals surface area contributed by atoms with Crippen LogP contribution in [0.3, 0.4) is 0 Å². The van der Waals surface area contributed by atoms with Gasteiger partial charge >= 0.3 is 0 Å². The van der Waals surface area contributed by atoms with E-state index >= 15 is 0 Å². The van der Waals surface area contributed by atoms with Crippen molar-refractivity contribution in [2.24, 2.45) is 11.8 Å². The normalized spacial score (nSPS) is 17.8. The molecule has 5 heterocycles. The first-order valence-electron chi connectivity index (χ1n) is 29.5. The Balaban J connectivity index is 0.000000664. The quantitative estimate of drug-likeness (QED) is 0.0247. The van der Waals surface area contributed by atoms with E-state index in [1.807, 2.05) is 50.2 Å². The van der Waals surface area contributed by atoms with Crippen molar-refractivity contribution < 1.29 is 38.2 Å². The molecule has 79 heavy (non-hydrogen) atoms. The average molecular weight is 1100 g/mol. The second kappa shape index (κ2) is 35.0. The second-order valence-corrected chi connectivity index (χ2v) is 21.5. The molecule has 0 aliphatic carbocycles. The Bertz CT molecular complexity index is 2350. The van der Waals surface area contributed by atoms with Gasteiger partial charge in [-0.3, -0.25) is 34.1 Å². The number of benzene rings is 2. The lowest BCUT2D eigenvalue weighted by Gasteiger charge is -2.38. The highest BCUT2D eigenvalue weighted by atomic mass is 16.5. The molecule has 2 aromatic carbocycles. The Morgan fingerprint density at radius 3 is 2.19 bits per heavy atom. The van der Waals surface area contributed by atoms with E-state index in [2.05, 4.69) is 60.8 Å². The first-order chi connectivity index (χ1) is 38.3. The lowest BCUT2D eigenvalue weighted by Crippen LogP contribution is -2.44. The van der Waals surface area contributed by atoms with Crippen molar-refractivity contribution in [1.29, 1.82) is 0 Å². The summed E-state index contributed by atoms with van der Waals surface area (Å²) in [6.07, 6.45) is 14.6. The first kappa shape index (κ1) is 64.0. The summed E-state index contributed by atoms with van der Waals surface area (Å²) in [5.74, 6) is 2.05. The van der Waals surface area contributed by atoms with Crippen LogP contribution in [0.2, 0.25) is 0 Å². The van der Waals surface area contributed by atoms with E-state index in [4.69, 9.17) is 24.2 Å². The SMILES string of the molecule is CCCC1CCC(=O)NC1=O.CCCCCCN(CC)c1cc(C(C)NC(=O)c2ccc(N3CCOCC3)cc2)nc(CCCOCCN2CCC(CN3CCC(Nc4cccc(C(C)=O)c4C(C)=O)CC3)CC2)n1.CNC=O. The Labute approximate surface area is 471 Å². The molecule has 4 aliphatic heterocycles. The number of piperidine rings is 3. The van der Waals surface area contributed by atoms with Gasteiger partial charge in [-0.1, -0.05) is 51.7 Å². The van der Waals surface area contributed by atoms with Gasteiger partial charge in [0, 0.05) is 119 Å². The maximum absolute atomic E-state index is 13.4. The number of aromatic nitrogens is 2. The molecule has 0 saturated carbocycles. The highest BCUT2D eigenvalue weighted by Crippen LogP contribution is 2.27. The molecule has 18 nitrogen and oxygen atoms in total. The molecule has 4 N–H and O–H groups in total. The lowest BCUT2D eigenvalue weighted by molar-refractivity contribution is -0.136. The third-order valence-corrected chi connectivity index (χ3v) is 15.4. The standard InChI is InChI=1S/C51H76N8O5.C8H13NO2.C2H5NO/c1-6-8-9-10-24-58(7-2)49-36-47(38(3)52-51(62)42-16-18-44(19-17-42)59-30-34-64-35-31-59)54-48(55-49)15-12-32-63-33-29-56-25-20-41(21-26-56)37-57-27-22-43(23-28-57)53-46-14-11-13-45(39(4)60)50(46)40(5)61;1-2-3-6-4-5-7(10)9-8(6)11;1-3-2-4/h11,13-14,16-19,36,38,41,43,53H,6-10,12,15,20-35,37H2,1-5H3,(H,52,62);6H,2-5H2,1H3,(H,9,10,11);2H,1H3,(H,3,4). The number of Topliss-reactive ketones (excluding diaryl/α,β-unsaturated/α-hetero) is 2. The number of hydrogen-bond acceptors (Lipinski definition) is 15. The minimum absolute atomic E-state index is 0.0742. The van der Waals surface area contributed by atoms with Gasteiger partial charge in [-0.05, 0) is 128 Å². The third-order valence-electron chi connectivity index (χ3n) is 15.4. The van der Waals surface area contributed by atoms with Crippen LogP contribution in [0.1, 0.15) is 174 Å². The summed E-state index contributed by atoms with van der Waals surface area (Å²) < 4.78 is 11.7. The molecule has 7 rings (SSSR count). The highest BCUT2D eigenvalue weighted by molar-refractivity contribution is 6.10. The molecule has 18 heteroatoms. The fraction of sp³-hybridized carbons (Fsp3) is 0.639. The molecule has 3 aromatic rings. The average Bonchev–Trinajstić information content (AvgIpc) is 3.46. The number of unbranched alkanes of at least 4 members (excludes halogenated alkanes) is 3. The number of imide groups is 1. The highest BCUT2D eigenvalue weighted by Gasteiger charge is 2.28. The predicted molar refractivity (Wildman–Crippen MR) is 313 cm³/mol. The van der Waals surface area contributed by atoms with E-state index in [1.54, 1.807) is 13.1 Å². The Morgan fingerprint density at radius 2 is 1.56 bits per heavy atom. The van der Waals surface area contributed by atoms with Gasteiger partial charge in [-0.25, -0.2) is 9.97 Å². The number of aryl methyl sites for hydroxylation is 1. The molecule has 4 amide bonds. The number of ether oxygens (including phenoxy) is 2. The van der Waals surface area contributed by atoms with Gasteiger partial charge in [0.15, 0.2) is 11.6 Å². The van der Waals surface area contributed by atoms with E-state index < -0.39 is 0 Å². The van der Waals surface area contributed by atoms with Gasteiger partial charge < -0.3 is 45.0 Å². The van der Waals surface area contributed by atoms with Crippen molar-refractivity contribution in [3.05, 3.63) is 76.7 Å². The van der Waals surface area contributed by atoms with Crippen molar-refractivity contribution in [2.45, 2.75) is 144 Å². The molecule has 2 atom stereocenters. The molecule has 4 aliphatic rings. The molecular weight excluding hydrogens is 1000 g/mol. The van der Waals surface area contributed by atoms with Crippen molar-refractivity contribution in [1.82, 2.24) is 35.7 Å². The van der Waals surface area contributed by atoms with Crippen LogP contribution in [0.4, 0.5) is 17.2 Å². The smallest absolute Gasteiger partial charge is 0.251 e. The van der Waals surface area contributed by atoms with Gasteiger partial charge in [0.2, 0.25) is 18.2 Å².